The molecule has 4 nitrogen and oxygen atoms in total. The Balaban J connectivity index is 2.71. The Bertz CT molecular complexity index is 304. The van der Waals surface area contributed by atoms with Crippen LogP contribution in [0.5, 0.6) is 0 Å². The van der Waals surface area contributed by atoms with Crippen molar-refractivity contribution in [2.75, 3.05) is 17.6 Å². The summed E-state index contributed by atoms with van der Waals surface area (Å²) >= 11 is 5.67. The molecule has 1 rings (SSSR count). The lowest BCUT2D eigenvalue weighted by molar-refractivity contribution is 1.13. The number of aromatic nitrogens is 2. The summed E-state index contributed by atoms with van der Waals surface area (Å²) in [5, 5.41) is 3.34. The number of rotatable bonds is 3. The molecule has 0 atom stereocenters. The van der Waals surface area contributed by atoms with E-state index in [2.05, 4.69) is 21.9 Å². The minimum absolute atomic E-state index is 0.164. The third kappa shape index (κ3) is 3.29. The van der Waals surface area contributed by atoms with Gasteiger partial charge in [0.25, 0.3) is 0 Å². The van der Waals surface area contributed by atoms with Gasteiger partial charge in [-0.05, 0) is 6.92 Å². The van der Waals surface area contributed by atoms with Crippen LogP contribution in [0.1, 0.15) is 6.92 Å². The average Bonchev–Trinajstić information content (AvgIpc) is 1.99. The van der Waals surface area contributed by atoms with Crippen LogP contribution in [0.15, 0.2) is 18.2 Å². The molecule has 0 unspecified atom stereocenters. The molecule has 1 heterocycles. The molecule has 5 heteroatoms. The third-order valence-corrected chi connectivity index (χ3v) is 1.48. The molecule has 0 aromatic carbocycles. The molecule has 0 radical (unpaired) electrons. The first-order chi connectivity index (χ1) is 6.08. The zero-order chi connectivity index (χ0) is 9.84. The van der Waals surface area contributed by atoms with Crippen LogP contribution in [-0.4, -0.2) is 16.5 Å². The number of anilines is 2. The van der Waals surface area contributed by atoms with Crippen molar-refractivity contribution in [3.63, 3.8) is 0 Å². The fourth-order valence-corrected chi connectivity index (χ4v) is 0.957. The van der Waals surface area contributed by atoms with Crippen molar-refractivity contribution in [1.82, 2.24) is 9.97 Å². The maximum absolute atomic E-state index is 5.67. The Kier molecular flexibility index (Phi) is 3.08. The van der Waals surface area contributed by atoms with Crippen molar-refractivity contribution < 1.29 is 0 Å². The number of nitrogen functional groups attached to an aromatic ring is 1. The molecule has 1 aromatic heterocycles. The SMILES string of the molecule is C=C(C)CNc1cc(Cl)nc(N)n1. The fraction of sp³-hybridized carbons (Fsp3) is 0.250. The van der Waals surface area contributed by atoms with Gasteiger partial charge in [-0.25, -0.2) is 4.98 Å². The van der Waals surface area contributed by atoms with Gasteiger partial charge < -0.3 is 11.1 Å². The van der Waals surface area contributed by atoms with E-state index in [1.807, 2.05) is 6.92 Å². The first kappa shape index (κ1) is 9.80. The van der Waals surface area contributed by atoms with Crippen LogP contribution in [0.25, 0.3) is 0 Å². The second-order valence-corrected chi connectivity index (χ2v) is 3.13. The van der Waals surface area contributed by atoms with E-state index in [9.17, 15) is 0 Å². The summed E-state index contributed by atoms with van der Waals surface area (Å²) in [5.74, 6) is 0.775. The molecule has 70 valence electrons. The van der Waals surface area contributed by atoms with Gasteiger partial charge in [0.15, 0.2) is 0 Å². The van der Waals surface area contributed by atoms with E-state index in [1.165, 1.54) is 0 Å². The molecule has 0 bridgehead atoms. The highest BCUT2D eigenvalue weighted by Crippen LogP contribution is 2.12. The van der Waals surface area contributed by atoms with Gasteiger partial charge in [0.05, 0.1) is 0 Å². The zero-order valence-corrected chi connectivity index (χ0v) is 8.10. The van der Waals surface area contributed by atoms with E-state index in [4.69, 9.17) is 17.3 Å². The molecule has 0 amide bonds. The summed E-state index contributed by atoms with van der Waals surface area (Å²) < 4.78 is 0. The van der Waals surface area contributed by atoms with Crippen LogP contribution in [0.4, 0.5) is 11.8 Å². The highest BCUT2D eigenvalue weighted by Gasteiger charge is 1.98. The van der Waals surface area contributed by atoms with Gasteiger partial charge in [-0.2, -0.15) is 4.98 Å². The molecule has 13 heavy (non-hydrogen) atoms. The van der Waals surface area contributed by atoms with Crippen LogP contribution >= 0.6 is 11.6 Å². The predicted molar refractivity (Wildman–Crippen MR) is 54.8 cm³/mol. The van der Waals surface area contributed by atoms with Gasteiger partial charge >= 0.3 is 0 Å². The normalized spacial score (nSPS) is 9.69. The number of hydrogen-bond donors (Lipinski definition) is 2. The largest absolute Gasteiger partial charge is 0.368 e. The smallest absolute Gasteiger partial charge is 0.223 e. The van der Waals surface area contributed by atoms with Gasteiger partial charge in [-0.15, -0.1) is 0 Å². The van der Waals surface area contributed by atoms with E-state index in [1.54, 1.807) is 6.07 Å². The summed E-state index contributed by atoms with van der Waals surface area (Å²) in [5.41, 5.74) is 6.40. The zero-order valence-electron chi connectivity index (χ0n) is 7.34. The molecule has 0 aliphatic rings. The van der Waals surface area contributed by atoms with Crippen molar-refractivity contribution in [2.45, 2.75) is 6.92 Å². The van der Waals surface area contributed by atoms with Crippen molar-refractivity contribution in [3.8, 4) is 0 Å². The molecule has 0 saturated heterocycles. The molecule has 0 aliphatic heterocycles. The van der Waals surface area contributed by atoms with E-state index in [-0.39, 0.29) is 5.95 Å². The van der Waals surface area contributed by atoms with E-state index >= 15 is 0 Å². The Labute approximate surface area is 81.8 Å². The number of halogens is 1. The van der Waals surface area contributed by atoms with Gasteiger partial charge in [0.2, 0.25) is 5.95 Å². The van der Waals surface area contributed by atoms with Crippen LogP contribution in [0, 0.1) is 0 Å². The average molecular weight is 199 g/mol. The van der Waals surface area contributed by atoms with Gasteiger partial charge in [0, 0.05) is 12.6 Å². The molecule has 0 spiro atoms. The lowest BCUT2D eigenvalue weighted by Crippen LogP contribution is -2.06. The fourth-order valence-electron chi connectivity index (χ4n) is 0.767. The van der Waals surface area contributed by atoms with Gasteiger partial charge in [0.1, 0.15) is 11.0 Å². The molecule has 3 N–H and O–H groups in total. The summed E-state index contributed by atoms with van der Waals surface area (Å²) in [6, 6.07) is 1.61. The standard InChI is InChI=1S/C8H11ClN4/c1-5(2)4-11-7-3-6(9)12-8(10)13-7/h3H,1,4H2,2H3,(H3,10,11,12,13). The number of nitrogens with two attached hydrogens (primary N) is 1. The molecular weight excluding hydrogens is 188 g/mol. The lowest BCUT2D eigenvalue weighted by atomic mass is 10.3. The Morgan fingerprint density at radius 1 is 1.69 bits per heavy atom. The molecule has 0 saturated carbocycles. The number of hydrogen-bond acceptors (Lipinski definition) is 4. The van der Waals surface area contributed by atoms with E-state index in [0.29, 0.717) is 17.5 Å². The quantitative estimate of drug-likeness (QED) is 0.573. The molecule has 0 aliphatic carbocycles. The highest BCUT2D eigenvalue weighted by molar-refractivity contribution is 6.29. The summed E-state index contributed by atoms with van der Waals surface area (Å²) in [7, 11) is 0. The lowest BCUT2D eigenvalue weighted by Gasteiger charge is -2.05. The minimum Gasteiger partial charge on any atom is -0.368 e. The monoisotopic (exact) mass is 198 g/mol. The second-order valence-electron chi connectivity index (χ2n) is 2.74. The van der Waals surface area contributed by atoms with Crippen molar-refractivity contribution in [2.24, 2.45) is 0 Å². The number of nitrogens with zero attached hydrogens (tertiary/aromatic N) is 2. The van der Waals surface area contributed by atoms with Crippen LogP contribution < -0.4 is 11.1 Å². The van der Waals surface area contributed by atoms with Crippen LogP contribution in [0.3, 0.4) is 0 Å². The topological polar surface area (TPSA) is 63.8 Å². The van der Waals surface area contributed by atoms with Crippen LogP contribution in [-0.2, 0) is 0 Å². The highest BCUT2D eigenvalue weighted by atomic mass is 35.5. The second kappa shape index (κ2) is 4.09. The first-order valence-electron chi connectivity index (χ1n) is 3.76. The molecule has 0 fully saturated rings. The number of nitrogens with one attached hydrogen (secondary N) is 1. The van der Waals surface area contributed by atoms with Crippen molar-refractivity contribution >= 4 is 23.4 Å². The Morgan fingerprint density at radius 2 is 2.38 bits per heavy atom. The molecular formula is C8H11ClN4. The van der Waals surface area contributed by atoms with E-state index in [0.717, 1.165) is 5.57 Å². The summed E-state index contributed by atoms with van der Waals surface area (Å²) in [4.78, 5) is 7.67. The summed E-state index contributed by atoms with van der Waals surface area (Å²) in [6.45, 7) is 6.31. The predicted octanol–water partition coefficient (Wildman–Crippen LogP) is 1.70. The van der Waals surface area contributed by atoms with E-state index < -0.39 is 0 Å². The van der Waals surface area contributed by atoms with Crippen molar-refractivity contribution in [1.29, 1.82) is 0 Å². The van der Waals surface area contributed by atoms with Crippen LogP contribution in [0.2, 0.25) is 5.15 Å². The maximum atomic E-state index is 5.67. The minimum atomic E-state index is 0.164. The van der Waals surface area contributed by atoms with Gasteiger partial charge in [-0.1, -0.05) is 23.8 Å². The third-order valence-electron chi connectivity index (χ3n) is 1.28. The summed E-state index contributed by atoms with van der Waals surface area (Å²) in [6.07, 6.45) is 0. The Morgan fingerprint density at radius 3 is 2.92 bits per heavy atom. The van der Waals surface area contributed by atoms with Crippen molar-refractivity contribution in [3.05, 3.63) is 23.4 Å². The first-order valence-corrected chi connectivity index (χ1v) is 4.14. The molecule has 1 aromatic rings. The van der Waals surface area contributed by atoms with Gasteiger partial charge in [-0.3, -0.25) is 0 Å². The Hall–Kier alpha value is -1.29. The maximum Gasteiger partial charge on any atom is 0.223 e.